The summed E-state index contributed by atoms with van der Waals surface area (Å²) in [5, 5.41) is 17.7. The predicted molar refractivity (Wildman–Crippen MR) is 128 cm³/mol. The molecule has 3 aromatic rings. The number of nitro groups is 1. The normalized spacial score (nSPS) is 10.6. The predicted octanol–water partition coefficient (Wildman–Crippen LogP) is 4.45. The number of para-hydroxylation sites is 1. The molecule has 0 aliphatic rings. The largest absolute Gasteiger partial charge is 0.422 e. The van der Waals surface area contributed by atoms with Crippen LogP contribution in [0.4, 0.5) is 11.4 Å². The number of rotatable bonds is 8. The Bertz CT molecular complexity index is 1210. The Morgan fingerprint density at radius 3 is 2.55 bits per heavy atom. The Balaban J connectivity index is 1.63. The third-order valence-electron chi connectivity index (χ3n) is 4.47. The molecule has 0 aliphatic heterocycles. The number of hydrogen-bond donors (Lipinski definition) is 2. The molecule has 1 amide bonds. The molecule has 3 aromatic carbocycles. The summed E-state index contributed by atoms with van der Waals surface area (Å²) in [6, 6.07) is 17.6. The second-order valence-electron chi connectivity index (χ2n) is 6.84. The van der Waals surface area contributed by atoms with Gasteiger partial charge in [-0.05, 0) is 48.9 Å². The Morgan fingerprint density at radius 1 is 1.12 bits per heavy atom. The minimum Gasteiger partial charge on any atom is -0.422 e. The van der Waals surface area contributed by atoms with Crippen molar-refractivity contribution in [3.8, 4) is 5.75 Å². The van der Waals surface area contributed by atoms with Gasteiger partial charge in [0.15, 0.2) is 0 Å². The second kappa shape index (κ2) is 11.0. The van der Waals surface area contributed by atoms with Gasteiger partial charge in [-0.2, -0.15) is 5.10 Å². The molecule has 3 rings (SSSR count). The molecule has 168 valence electrons. The van der Waals surface area contributed by atoms with Crippen molar-refractivity contribution in [1.29, 1.82) is 0 Å². The lowest BCUT2D eigenvalue weighted by Crippen LogP contribution is -2.26. The van der Waals surface area contributed by atoms with E-state index in [1.54, 1.807) is 18.2 Å². The number of hydrogen-bond acceptors (Lipinski definition) is 7. The number of nitro benzene ring substituents is 1. The molecule has 2 N–H and O–H groups in total. The van der Waals surface area contributed by atoms with E-state index in [2.05, 4.69) is 31.8 Å². The Labute approximate surface area is 197 Å². The van der Waals surface area contributed by atoms with Gasteiger partial charge in [-0.15, -0.1) is 0 Å². The third kappa shape index (κ3) is 6.71. The summed E-state index contributed by atoms with van der Waals surface area (Å²) in [7, 11) is 0. The molecule has 0 saturated heterocycles. The first-order chi connectivity index (χ1) is 15.8. The molecular weight excluding hydrogens is 492 g/mol. The van der Waals surface area contributed by atoms with Crippen LogP contribution >= 0.6 is 15.9 Å². The van der Waals surface area contributed by atoms with Gasteiger partial charge in [-0.25, -0.2) is 10.2 Å². The Kier molecular flexibility index (Phi) is 7.87. The van der Waals surface area contributed by atoms with Crippen molar-refractivity contribution < 1.29 is 19.2 Å². The number of nitrogens with zero attached hydrogens (tertiary/aromatic N) is 2. The van der Waals surface area contributed by atoms with Crippen LogP contribution in [0.15, 0.2) is 76.3 Å². The zero-order valence-corrected chi connectivity index (χ0v) is 19.0. The highest BCUT2D eigenvalue weighted by Crippen LogP contribution is 2.23. The maximum Gasteiger partial charge on any atom is 0.343 e. The number of carbonyl (C=O) groups excluding carboxylic acids is 2. The van der Waals surface area contributed by atoms with Crippen LogP contribution < -0.4 is 15.5 Å². The Hall–Kier alpha value is -4.05. The highest BCUT2D eigenvalue weighted by molar-refractivity contribution is 9.10. The summed E-state index contributed by atoms with van der Waals surface area (Å²) in [5.74, 6) is -0.833. The van der Waals surface area contributed by atoms with E-state index < -0.39 is 10.9 Å². The first kappa shape index (κ1) is 23.6. The number of ether oxygens (including phenoxy) is 1. The van der Waals surface area contributed by atoms with E-state index in [0.717, 1.165) is 11.3 Å². The molecule has 0 saturated carbocycles. The summed E-state index contributed by atoms with van der Waals surface area (Å²) in [4.78, 5) is 34.7. The highest BCUT2D eigenvalue weighted by Gasteiger charge is 2.14. The number of carbonyl (C=O) groups is 2. The molecule has 10 heteroatoms. The van der Waals surface area contributed by atoms with Crippen LogP contribution in [0.1, 0.15) is 21.5 Å². The zero-order valence-electron chi connectivity index (χ0n) is 17.4. The van der Waals surface area contributed by atoms with Gasteiger partial charge in [0.2, 0.25) is 0 Å². The van der Waals surface area contributed by atoms with Crippen LogP contribution in [0.2, 0.25) is 0 Å². The molecule has 0 bridgehead atoms. The summed E-state index contributed by atoms with van der Waals surface area (Å²) in [6.45, 7) is 1.97. The SMILES string of the molecule is Cc1ccccc1NCC(=O)NN=Cc1cc(Br)ccc1OC(=O)c1ccc([N+](=O)[O-])cc1. The first-order valence-corrected chi connectivity index (χ1v) is 10.5. The quantitative estimate of drug-likeness (QED) is 0.152. The number of amides is 1. The second-order valence-corrected chi connectivity index (χ2v) is 7.75. The van der Waals surface area contributed by atoms with Crippen LogP contribution in [0.3, 0.4) is 0 Å². The Morgan fingerprint density at radius 2 is 1.85 bits per heavy atom. The van der Waals surface area contributed by atoms with Gasteiger partial charge >= 0.3 is 5.97 Å². The molecule has 0 atom stereocenters. The number of non-ortho nitro benzene ring substituents is 1. The lowest BCUT2D eigenvalue weighted by molar-refractivity contribution is -0.384. The molecule has 0 heterocycles. The van der Waals surface area contributed by atoms with E-state index in [1.165, 1.54) is 30.5 Å². The smallest absolute Gasteiger partial charge is 0.343 e. The number of anilines is 1. The van der Waals surface area contributed by atoms with Crippen molar-refractivity contribution in [2.24, 2.45) is 5.10 Å². The summed E-state index contributed by atoms with van der Waals surface area (Å²) >= 11 is 3.34. The van der Waals surface area contributed by atoms with Crippen molar-refractivity contribution in [3.05, 3.63) is 98.0 Å². The van der Waals surface area contributed by atoms with Gasteiger partial charge < -0.3 is 10.1 Å². The van der Waals surface area contributed by atoms with E-state index in [9.17, 15) is 19.7 Å². The summed E-state index contributed by atoms with van der Waals surface area (Å²) < 4.78 is 6.13. The van der Waals surface area contributed by atoms with Gasteiger partial charge in [0.25, 0.3) is 11.6 Å². The maximum absolute atomic E-state index is 12.4. The van der Waals surface area contributed by atoms with E-state index >= 15 is 0 Å². The van der Waals surface area contributed by atoms with Gasteiger partial charge in [-0.1, -0.05) is 34.1 Å². The molecule has 0 fully saturated rings. The average Bonchev–Trinajstić information content (AvgIpc) is 2.80. The molecule has 0 aromatic heterocycles. The number of benzene rings is 3. The van der Waals surface area contributed by atoms with Crippen LogP contribution in [-0.4, -0.2) is 29.6 Å². The molecule has 9 nitrogen and oxygen atoms in total. The van der Waals surface area contributed by atoms with E-state index in [-0.39, 0.29) is 29.5 Å². The lowest BCUT2D eigenvalue weighted by atomic mass is 10.2. The van der Waals surface area contributed by atoms with Crippen molar-refractivity contribution in [2.75, 3.05) is 11.9 Å². The fourth-order valence-electron chi connectivity index (χ4n) is 2.75. The molecule has 0 aliphatic carbocycles. The number of halogens is 1. The maximum atomic E-state index is 12.4. The molecular formula is C23H19BrN4O5. The van der Waals surface area contributed by atoms with Gasteiger partial charge in [0.1, 0.15) is 5.75 Å². The van der Waals surface area contributed by atoms with Crippen LogP contribution in [-0.2, 0) is 4.79 Å². The minimum atomic E-state index is -0.687. The number of esters is 1. The summed E-state index contributed by atoms with van der Waals surface area (Å²) in [6.07, 6.45) is 1.36. The van der Waals surface area contributed by atoms with Crippen LogP contribution in [0, 0.1) is 17.0 Å². The zero-order chi connectivity index (χ0) is 23.8. The van der Waals surface area contributed by atoms with E-state index in [4.69, 9.17) is 4.74 Å². The van der Waals surface area contributed by atoms with Gasteiger partial charge in [0.05, 0.1) is 23.2 Å². The van der Waals surface area contributed by atoms with Gasteiger partial charge in [-0.3, -0.25) is 14.9 Å². The first-order valence-electron chi connectivity index (χ1n) is 9.71. The lowest BCUT2D eigenvalue weighted by Gasteiger charge is -2.09. The number of hydrazone groups is 1. The van der Waals surface area contributed by atoms with Crippen LogP contribution in [0.25, 0.3) is 0 Å². The van der Waals surface area contributed by atoms with Crippen molar-refractivity contribution in [2.45, 2.75) is 6.92 Å². The molecule has 33 heavy (non-hydrogen) atoms. The number of aryl methyl sites for hydroxylation is 1. The summed E-state index contributed by atoms with van der Waals surface area (Å²) in [5.41, 5.74) is 4.75. The van der Waals surface area contributed by atoms with Crippen molar-refractivity contribution in [3.63, 3.8) is 0 Å². The molecule has 0 unspecified atom stereocenters. The molecule has 0 spiro atoms. The average molecular weight is 511 g/mol. The van der Waals surface area contributed by atoms with Crippen molar-refractivity contribution >= 4 is 45.4 Å². The molecule has 0 radical (unpaired) electrons. The number of nitrogens with one attached hydrogen (secondary N) is 2. The third-order valence-corrected chi connectivity index (χ3v) is 4.96. The van der Waals surface area contributed by atoms with Crippen molar-refractivity contribution in [1.82, 2.24) is 5.43 Å². The van der Waals surface area contributed by atoms with Crippen LogP contribution in [0.5, 0.6) is 5.75 Å². The fraction of sp³-hybridized carbons (Fsp3) is 0.0870. The van der Waals surface area contributed by atoms with E-state index in [0.29, 0.717) is 10.0 Å². The van der Waals surface area contributed by atoms with Gasteiger partial charge in [0, 0.05) is 27.9 Å². The monoisotopic (exact) mass is 510 g/mol. The minimum absolute atomic E-state index is 0.0304. The standard InChI is InChI=1S/C23H19BrN4O5/c1-15-4-2-3-5-20(15)25-14-22(29)27-26-13-17-12-18(24)8-11-21(17)33-23(30)16-6-9-19(10-7-16)28(31)32/h2-13,25H,14H2,1H3,(H,27,29). The fourth-order valence-corrected chi connectivity index (χ4v) is 3.13. The highest BCUT2D eigenvalue weighted by atomic mass is 79.9. The van der Waals surface area contributed by atoms with E-state index in [1.807, 2.05) is 31.2 Å². The topological polar surface area (TPSA) is 123 Å².